The van der Waals surface area contributed by atoms with E-state index in [2.05, 4.69) is 15.1 Å². The lowest BCUT2D eigenvalue weighted by Crippen LogP contribution is -2.41. The fourth-order valence-electron chi connectivity index (χ4n) is 3.55. The van der Waals surface area contributed by atoms with Gasteiger partial charge in [-0.05, 0) is 17.7 Å². The third-order valence-electron chi connectivity index (χ3n) is 5.17. The third kappa shape index (κ3) is 5.53. The molecule has 0 radical (unpaired) electrons. The lowest BCUT2D eigenvalue weighted by atomic mass is 10.1. The van der Waals surface area contributed by atoms with Crippen LogP contribution in [0.1, 0.15) is 11.8 Å². The van der Waals surface area contributed by atoms with E-state index in [9.17, 15) is 19.0 Å². The van der Waals surface area contributed by atoms with Crippen molar-refractivity contribution >= 4 is 30.4 Å². The van der Waals surface area contributed by atoms with Crippen molar-refractivity contribution in [3.05, 3.63) is 58.8 Å². The summed E-state index contributed by atoms with van der Waals surface area (Å²) >= 11 is 0. The molecule has 0 spiro atoms. The minimum absolute atomic E-state index is 0.0263. The number of hydrogen-bond acceptors (Lipinski definition) is 10. The van der Waals surface area contributed by atoms with E-state index in [1.807, 2.05) is 24.3 Å². The van der Waals surface area contributed by atoms with E-state index in [0.717, 1.165) is 23.6 Å². The van der Waals surface area contributed by atoms with Crippen molar-refractivity contribution in [3.8, 4) is 0 Å². The van der Waals surface area contributed by atoms with Gasteiger partial charge in [0.2, 0.25) is 7.75 Å². The summed E-state index contributed by atoms with van der Waals surface area (Å²) in [6, 6.07) is 7.62. The number of carbonyl (C=O) groups excluding carboxylic acids is 1. The van der Waals surface area contributed by atoms with E-state index in [-0.39, 0.29) is 18.8 Å². The number of nitrogen functional groups attached to an aromatic ring is 1. The number of methoxy groups -OCH3 is 1. The van der Waals surface area contributed by atoms with E-state index < -0.39 is 44.6 Å². The van der Waals surface area contributed by atoms with Crippen molar-refractivity contribution < 1.29 is 33.0 Å². The number of para-hydroxylation sites is 1. The molecule has 1 aliphatic rings. The molecule has 0 amide bonds. The number of esters is 1. The number of ether oxygens (including phenoxy) is 3. The predicted octanol–water partition coefficient (Wildman–Crippen LogP) is 0.0372. The first-order valence-electron chi connectivity index (χ1n) is 10.2. The summed E-state index contributed by atoms with van der Waals surface area (Å²) < 4.78 is 34.3. The van der Waals surface area contributed by atoms with Crippen molar-refractivity contribution in [2.75, 3.05) is 26.1 Å². The number of rotatable bonds is 9. The van der Waals surface area contributed by atoms with Gasteiger partial charge in [0, 0.05) is 29.7 Å². The van der Waals surface area contributed by atoms with Gasteiger partial charge in [-0.3, -0.25) is 13.9 Å². The zero-order valence-electron chi connectivity index (χ0n) is 18.1. The van der Waals surface area contributed by atoms with Crippen LogP contribution in [0.4, 0.5) is 5.82 Å². The fraction of sp³-hybridized carbons (Fsp3) is 0.350. The van der Waals surface area contributed by atoms with E-state index in [1.54, 1.807) is 6.20 Å². The Hall–Kier alpha value is -3.06. The monoisotopic (exact) mass is 492 g/mol. The summed E-state index contributed by atoms with van der Waals surface area (Å²) in [5, 5.41) is 3.08. The molecule has 1 aromatic carbocycles. The predicted molar refractivity (Wildman–Crippen MR) is 117 cm³/mol. The van der Waals surface area contributed by atoms with Gasteiger partial charge in [-0.2, -0.15) is 4.98 Å². The number of aromatic amines is 1. The Kier molecular flexibility index (Phi) is 7.12. The van der Waals surface area contributed by atoms with E-state index >= 15 is 0 Å². The Morgan fingerprint density at radius 3 is 3.00 bits per heavy atom. The van der Waals surface area contributed by atoms with Crippen LogP contribution in [-0.2, 0) is 34.5 Å². The van der Waals surface area contributed by atoms with E-state index in [4.69, 9.17) is 24.5 Å². The van der Waals surface area contributed by atoms with Crippen LogP contribution in [-0.4, -0.2) is 53.2 Å². The largest absolute Gasteiger partial charge is 0.766 e. The van der Waals surface area contributed by atoms with Crippen molar-refractivity contribution in [1.82, 2.24) is 19.6 Å². The molecular formula is C20H23N5O8P-. The average molecular weight is 492 g/mol. The highest BCUT2D eigenvalue weighted by atomic mass is 31.2. The van der Waals surface area contributed by atoms with Crippen LogP contribution in [0.5, 0.6) is 0 Å². The van der Waals surface area contributed by atoms with Gasteiger partial charge in [-0.1, -0.05) is 18.2 Å². The number of nitrogens with zero attached hydrogens (tertiary/aromatic N) is 2. The summed E-state index contributed by atoms with van der Waals surface area (Å²) in [4.78, 5) is 43.4. The van der Waals surface area contributed by atoms with Crippen LogP contribution < -0.4 is 21.4 Å². The molecule has 4 N–H and O–H groups in total. The molecule has 3 heterocycles. The zero-order valence-corrected chi connectivity index (χ0v) is 19.0. The number of H-pyrrole nitrogens is 1. The number of nitrogens with two attached hydrogens (primary N) is 1. The molecule has 3 aromatic rings. The zero-order chi connectivity index (χ0) is 24.3. The third-order valence-corrected chi connectivity index (χ3v) is 6.29. The quantitative estimate of drug-likeness (QED) is 0.271. The number of benzene rings is 1. The maximum Gasteiger partial charge on any atom is 0.351 e. The first-order valence-corrected chi connectivity index (χ1v) is 11.8. The number of nitrogens with one attached hydrogen (secondary N) is 2. The summed E-state index contributed by atoms with van der Waals surface area (Å²) in [7, 11) is -3.56. The highest BCUT2D eigenvalue weighted by Gasteiger charge is 2.31. The van der Waals surface area contributed by atoms with Crippen LogP contribution >= 0.6 is 7.75 Å². The Bertz CT molecular complexity index is 1280. The molecule has 182 valence electrons. The topological polar surface area (TPSA) is 183 Å². The Morgan fingerprint density at radius 1 is 1.44 bits per heavy atom. The second-order valence-corrected chi connectivity index (χ2v) is 8.97. The van der Waals surface area contributed by atoms with E-state index in [1.165, 1.54) is 16.8 Å². The van der Waals surface area contributed by atoms with Gasteiger partial charge < -0.3 is 34.3 Å². The number of hydrogen-bond donors (Lipinski definition) is 3. The van der Waals surface area contributed by atoms with Crippen molar-refractivity contribution in [2.24, 2.45) is 0 Å². The Labute approximate surface area is 193 Å². The molecule has 2 unspecified atom stereocenters. The number of fused-ring (bicyclic) bond motifs is 1. The normalized spacial score (nSPS) is 20.8. The molecule has 2 aromatic heterocycles. The average Bonchev–Trinajstić information content (AvgIpc) is 3.44. The van der Waals surface area contributed by atoms with Crippen LogP contribution in [0, 0.1) is 0 Å². The number of aromatic nitrogens is 3. The fourth-order valence-corrected chi connectivity index (χ4v) is 4.52. The Balaban J connectivity index is 1.37. The number of carbonyl (C=O) groups is 1. The molecule has 0 aliphatic carbocycles. The summed E-state index contributed by atoms with van der Waals surface area (Å²) in [6.45, 7) is -0.524. The van der Waals surface area contributed by atoms with Gasteiger partial charge in [0.05, 0.1) is 13.7 Å². The second kappa shape index (κ2) is 10.1. The SMILES string of the molecule is COC(=O)[C@H](Cc1c[nH]c2ccccc12)NP(=O)([O-])OCC1OC[C@@H](n2ccc(N)nc2=O)O1. The molecule has 4 atom stereocenters. The van der Waals surface area contributed by atoms with Gasteiger partial charge in [0.15, 0.2) is 12.5 Å². The van der Waals surface area contributed by atoms with Crippen LogP contribution in [0.2, 0.25) is 0 Å². The van der Waals surface area contributed by atoms with E-state index in [0.29, 0.717) is 0 Å². The molecule has 34 heavy (non-hydrogen) atoms. The summed E-state index contributed by atoms with van der Waals surface area (Å²) in [6.07, 6.45) is 1.25. The molecule has 0 bridgehead atoms. The summed E-state index contributed by atoms with van der Waals surface area (Å²) in [5.41, 5.74) is 6.41. The highest BCUT2D eigenvalue weighted by molar-refractivity contribution is 7.49. The van der Waals surface area contributed by atoms with Crippen LogP contribution in [0.25, 0.3) is 10.9 Å². The first kappa shape index (κ1) is 24.1. The minimum atomic E-state index is -4.72. The lowest BCUT2D eigenvalue weighted by Gasteiger charge is -2.29. The Morgan fingerprint density at radius 2 is 2.24 bits per heavy atom. The molecule has 1 fully saturated rings. The molecule has 1 aliphatic heterocycles. The molecule has 0 saturated carbocycles. The smallest absolute Gasteiger partial charge is 0.351 e. The minimum Gasteiger partial charge on any atom is -0.766 e. The molecule has 13 nitrogen and oxygen atoms in total. The van der Waals surface area contributed by atoms with Gasteiger partial charge in [0.25, 0.3) is 0 Å². The molecular weight excluding hydrogens is 469 g/mol. The highest BCUT2D eigenvalue weighted by Crippen LogP contribution is 2.35. The first-order chi connectivity index (χ1) is 16.3. The van der Waals surface area contributed by atoms with Crippen molar-refractivity contribution in [1.29, 1.82) is 0 Å². The van der Waals surface area contributed by atoms with Gasteiger partial charge >= 0.3 is 11.7 Å². The van der Waals surface area contributed by atoms with Crippen molar-refractivity contribution in [3.63, 3.8) is 0 Å². The molecule has 4 rings (SSSR count). The second-order valence-electron chi connectivity index (χ2n) is 7.46. The van der Waals surface area contributed by atoms with Crippen LogP contribution in [0.15, 0.2) is 47.5 Å². The van der Waals surface area contributed by atoms with Crippen LogP contribution in [0.3, 0.4) is 0 Å². The lowest BCUT2D eigenvalue weighted by molar-refractivity contribution is -0.210. The number of anilines is 1. The van der Waals surface area contributed by atoms with Crippen molar-refractivity contribution in [2.45, 2.75) is 25.0 Å². The maximum atomic E-state index is 12.5. The van der Waals surface area contributed by atoms with Gasteiger partial charge in [0.1, 0.15) is 18.5 Å². The van der Waals surface area contributed by atoms with Gasteiger partial charge in [-0.25, -0.2) is 9.88 Å². The van der Waals surface area contributed by atoms with Gasteiger partial charge in [-0.15, -0.1) is 0 Å². The standard InChI is InChI=1S/C20H24N5O8P/c1-30-19(26)15(8-12-9-22-14-5-3-2-4-13(12)14)24-34(28,29)32-11-18-31-10-17(33-18)25-7-6-16(21)23-20(25)27/h2-7,9,15,17-18,22H,8,10-11H2,1H3,(H2,21,23,27)(H2,24,28,29)/p-1/t15-,17-,18?/m0/s1. The molecule has 14 heteroatoms. The molecule has 1 saturated heterocycles. The summed E-state index contributed by atoms with van der Waals surface area (Å²) in [5.74, 6) is -0.708. The maximum absolute atomic E-state index is 12.5.